The highest BCUT2D eigenvalue weighted by Crippen LogP contribution is 2.22. The number of amides is 1. The van der Waals surface area contributed by atoms with Crippen LogP contribution in [0.1, 0.15) is 54.8 Å². The molecule has 1 unspecified atom stereocenters. The van der Waals surface area contributed by atoms with Gasteiger partial charge in [0.15, 0.2) is 0 Å². The van der Waals surface area contributed by atoms with Crippen LogP contribution >= 0.6 is 11.3 Å². The van der Waals surface area contributed by atoms with Crippen molar-refractivity contribution in [3.05, 3.63) is 53.5 Å². The Balaban J connectivity index is 0.00000196. The predicted octanol–water partition coefficient (Wildman–Crippen LogP) is 6.55. The number of carbonyl (C=O) groups is 1. The van der Waals surface area contributed by atoms with Crippen LogP contribution in [0.2, 0.25) is 0 Å². The lowest BCUT2D eigenvalue weighted by Gasteiger charge is -2.32. The van der Waals surface area contributed by atoms with Crippen LogP contribution in [-0.4, -0.2) is 71.8 Å². The number of nitrogens with one attached hydrogen (secondary N) is 2. The molecule has 2 aromatic carbocycles. The Morgan fingerprint density at radius 3 is 2.34 bits per heavy atom. The lowest BCUT2D eigenvalue weighted by Crippen LogP contribution is -2.47. The molecule has 1 amide bonds. The summed E-state index contributed by atoms with van der Waals surface area (Å²) in [5.74, 6) is 1.80. The van der Waals surface area contributed by atoms with Crippen LogP contribution in [0, 0.1) is 5.92 Å². The molecule has 1 aliphatic rings. The standard InChI is InChI=1S/C27H35N7OS.C2H6.2H2/c1-18(2)26(32-20(4)30-23-10-11-24-25(16-23)36-17-28-24)31-19(3)29-22-8-6-21(7-9-22)27(35)34-14-12-33(5)13-15-34;1-2;;/h6-11,16-19,29H,12-15H2,1-5H3,(H,30,31,32);1-2H3;2*1H. The van der Waals surface area contributed by atoms with Gasteiger partial charge in [0.1, 0.15) is 17.8 Å². The smallest absolute Gasteiger partial charge is 0.253 e. The van der Waals surface area contributed by atoms with Gasteiger partial charge in [0.25, 0.3) is 5.91 Å². The number of anilines is 2. The van der Waals surface area contributed by atoms with Gasteiger partial charge in [-0.15, -0.1) is 11.3 Å². The minimum absolute atomic E-state index is 0. The third-order valence-electron chi connectivity index (χ3n) is 6.08. The summed E-state index contributed by atoms with van der Waals surface area (Å²) in [5, 5.41) is 6.77. The van der Waals surface area contributed by atoms with E-state index in [0.717, 1.165) is 59.4 Å². The Bertz CT molecular complexity index is 1250. The molecule has 8 nitrogen and oxygen atoms in total. The second-order valence-corrected chi connectivity index (χ2v) is 10.4. The van der Waals surface area contributed by atoms with E-state index in [1.165, 1.54) is 0 Å². The van der Waals surface area contributed by atoms with E-state index in [9.17, 15) is 4.79 Å². The first-order chi connectivity index (χ1) is 18.3. The maximum absolute atomic E-state index is 12.8. The molecule has 1 fully saturated rings. The number of likely N-dealkylation sites (N-methyl/N-ethyl adjacent to an activating group) is 1. The zero-order valence-corrected chi connectivity index (χ0v) is 24.5. The molecule has 1 aromatic heterocycles. The Kier molecular flexibility index (Phi) is 10.8. The fourth-order valence-corrected chi connectivity index (χ4v) is 4.74. The van der Waals surface area contributed by atoms with E-state index in [2.05, 4.69) is 47.5 Å². The number of aromatic nitrogens is 1. The average Bonchev–Trinajstić information content (AvgIpc) is 3.38. The highest BCUT2D eigenvalue weighted by molar-refractivity contribution is 7.16. The SMILES string of the molecule is CC.CC(=N/C(=N\C(C)Nc1ccc(C(=O)N2CCN(C)CC2)cc1)C(C)C)Nc1ccc2ncsc2c1.[HH].[HH]. The molecule has 0 saturated carbocycles. The quantitative estimate of drug-likeness (QED) is 0.274. The van der Waals surface area contributed by atoms with Gasteiger partial charge in [0.2, 0.25) is 0 Å². The first-order valence-corrected chi connectivity index (χ1v) is 14.2. The van der Waals surface area contributed by atoms with E-state index in [0.29, 0.717) is 5.56 Å². The largest absolute Gasteiger partial charge is 0.364 e. The van der Waals surface area contributed by atoms with Gasteiger partial charge in [-0.2, -0.15) is 0 Å². The molecule has 2 heterocycles. The Labute approximate surface area is 233 Å². The normalized spacial score (nSPS) is 15.7. The molecule has 3 aromatic rings. The number of fused-ring (bicyclic) bond motifs is 1. The third-order valence-corrected chi connectivity index (χ3v) is 6.87. The van der Waals surface area contributed by atoms with Crippen LogP contribution in [0.15, 0.2) is 58.0 Å². The molecule has 2 N–H and O–H groups in total. The topological polar surface area (TPSA) is 85.2 Å². The molecular weight excluding hydrogens is 494 g/mol. The van der Waals surface area contributed by atoms with Gasteiger partial charge in [-0.1, -0.05) is 27.7 Å². The average molecular weight is 540 g/mol. The molecule has 1 atom stereocenters. The van der Waals surface area contributed by atoms with Crippen molar-refractivity contribution in [1.82, 2.24) is 14.8 Å². The number of benzene rings is 2. The van der Waals surface area contributed by atoms with Crippen molar-refractivity contribution in [1.29, 1.82) is 0 Å². The number of nitrogens with zero attached hydrogens (tertiary/aromatic N) is 5. The summed E-state index contributed by atoms with van der Waals surface area (Å²) in [6.45, 7) is 15.5. The molecule has 0 aliphatic carbocycles. The maximum atomic E-state index is 12.8. The van der Waals surface area contributed by atoms with E-state index in [1.807, 2.05) is 74.5 Å². The number of hydrogen-bond acceptors (Lipinski definition) is 6. The van der Waals surface area contributed by atoms with Crippen molar-refractivity contribution in [3.8, 4) is 0 Å². The van der Waals surface area contributed by atoms with E-state index in [4.69, 9.17) is 9.98 Å². The molecule has 0 radical (unpaired) electrons. The predicted molar refractivity (Wildman–Crippen MR) is 167 cm³/mol. The minimum atomic E-state index is -0.174. The van der Waals surface area contributed by atoms with Crippen molar-refractivity contribution < 1.29 is 7.65 Å². The molecule has 4 rings (SSSR count). The molecule has 1 aliphatic heterocycles. The monoisotopic (exact) mass is 539 g/mol. The first-order valence-electron chi connectivity index (χ1n) is 13.4. The van der Waals surface area contributed by atoms with Crippen molar-refractivity contribution in [2.45, 2.75) is 47.7 Å². The highest BCUT2D eigenvalue weighted by atomic mass is 32.1. The van der Waals surface area contributed by atoms with Gasteiger partial charge < -0.3 is 20.4 Å². The molecule has 208 valence electrons. The maximum Gasteiger partial charge on any atom is 0.253 e. The molecule has 9 heteroatoms. The second-order valence-electron chi connectivity index (χ2n) is 9.49. The van der Waals surface area contributed by atoms with Crippen molar-refractivity contribution in [3.63, 3.8) is 0 Å². The number of carbonyl (C=O) groups excluding carboxylic acids is 1. The Morgan fingerprint density at radius 1 is 1.03 bits per heavy atom. The first kappa shape index (κ1) is 29.3. The van der Waals surface area contributed by atoms with E-state index in [-0.39, 0.29) is 20.8 Å². The van der Waals surface area contributed by atoms with Gasteiger partial charge in [0.05, 0.1) is 15.7 Å². The third kappa shape index (κ3) is 8.10. The number of aliphatic imine (C=N–C) groups is 2. The van der Waals surface area contributed by atoms with Crippen LogP contribution in [0.5, 0.6) is 0 Å². The minimum Gasteiger partial charge on any atom is -0.364 e. The van der Waals surface area contributed by atoms with Crippen LogP contribution in [0.4, 0.5) is 11.4 Å². The van der Waals surface area contributed by atoms with Gasteiger partial charge in [-0.05, 0) is 63.4 Å². The van der Waals surface area contributed by atoms with Crippen molar-refractivity contribution >= 4 is 50.5 Å². The van der Waals surface area contributed by atoms with Gasteiger partial charge in [0, 0.05) is 51.9 Å². The van der Waals surface area contributed by atoms with Gasteiger partial charge in [-0.25, -0.2) is 15.0 Å². The van der Waals surface area contributed by atoms with Crippen molar-refractivity contribution in [2.24, 2.45) is 15.9 Å². The summed E-state index contributed by atoms with van der Waals surface area (Å²) >= 11 is 1.62. The van der Waals surface area contributed by atoms with Gasteiger partial charge in [-0.3, -0.25) is 4.79 Å². The zero-order valence-electron chi connectivity index (χ0n) is 23.7. The molecular formula is C29H45N7OS. The summed E-state index contributed by atoms with van der Waals surface area (Å²) in [6, 6.07) is 13.8. The van der Waals surface area contributed by atoms with E-state index < -0.39 is 0 Å². The Morgan fingerprint density at radius 2 is 1.68 bits per heavy atom. The molecule has 0 spiro atoms. The molecule has 38 heavy (non-hydrogen) atoms. The van der Waals surface area contributed by atoms with Crippen LogP contribution in [-0.2, 0) is 0 Å². The van der Waals surface area contributed by atoms with Crippen LogP contribution in [0.3, 0.4) is 0 Å². The Hall–Kier alpha value is -3.30. The number of piperazine rings is 1. The number of thiazole rings is 1. The number of amidine groups is 2. The molecule has 1 saturated heterocycles. The summed E-state index contributed by atoms with van der Waals surface area (Å²) in [5.41, 5.74) is 5.47. The zero-order chi connectivity index (χ0) is 27.7. The summed E-state index contributed by atoms with van der Waals surface area (Å²) in [6.07, 6.45) is -0.174. The van der Waals surface area contributed by atoms with Crippen LogP contribution < -0.4 is 10.6 Å². The summed E-state index contributed by atoms with van der Waals surface area (Å²) in [7, 11) is 2.09. The number of hydrogen-bond donors (Lipinski definition) is 2. The fraction of sp³-hybridized carbons (Fsp3) is 0.448. The second kappa shape index (κ2) is 14.0. The van der Waals surface area contributed by atoms with E-state index >= 15 is 0 Å². The lowest BCUT2D eigenvalue weighted by atomic mass is 10.1. The lowest BCUT2D eigenvalue weighted by molar-refractivity contribution is 0.0664. The number of rotatable bonds is 6. The van der Waals surface area contributed by atoms with Crippen molar-refractivity contribution in [2.75, 3.05) is 43.9 Å². The molecule has 0 bridgehead atoms. The van der Waals surface area contributed by atoms with Gasteiger partial charge >= 0.3 is 0 Å². The summed E-state index contributed by atoms with van der Waals surface area (Å²) in [4.78, 5) is 30.9. The van der Waals surface area contributed by atoms with E-state index in [1.54, 1.807) is 11.3 Å². The highest BCUT2D eigenvalue weighted by Gasteiger charge is 2.20. The summed E-state index contributed by atoms with van der Waals surface area (Å²) < 4.78 is 1.14. The fourth-order valence-electron chi connectivity index (χ4n) is 4.02. The van der Waals surface area contributed by atoms with Crippen LogP contribution in [0.25, 0.3) is 10.2 Å².